The molecule has 1 aliphatic rings. The molecule has 0 aliphatic carbocycles. The van der Waals surface area contributed by atoms with E-state index in [1.165, 1.54) is 0 Å². The summed E-state index contributed by atoms with van der Waals surface area (Å²) in [6, 6.07) is 0. The van der Waals surface area contributed by atoms with E-state index in [1.54, 1.807) is 0 Å². The highest BCUT2D eigenvalue weighted by Gasteiger charge is 2.32. The zero-order valence-corrected chi connectivity index (χ0v) is 7.48. The van der Waals surface area contributed by atoms with Gasteiger partial charge in [-0.1, -0.05) is 19.1 Å². The summed E-state index contributed by atoms with van der Waals surface area (Å²) in [5.74, 6) is 0. The molecule has 0 aromatic carbocycles. The zero-order chi connectivity index (χ0) is 8.48. The molecule has 0 aromatic heterocycles. The third-order valence-corrected chi connectivity index (χ3v) is 2.15. The normalized spacial score (nSPS) is 28.7. The van der Waals surface area contributed by atoms with Gasteiger partial charge in [0, 0.05) is 0 Å². The Bertz CT molecular complexity index is 244. The average Bonchev–Trinajstić information content (AvgIpc) is 2.33. The van der Waals surface area contributed by atoms with Gasteiger partial charge in [-0.25, -0.2) is 0 Å². The molecule has 1 heterocycles. The maximum atomic E-state index is 5.54. The van der Waals surface area contributed by atoms with Gasteiger partial charge in [-0.05, 0) is 19.4 Å². The molecule has 1 atom stereocenters. The number of nitrogens with zero attached hydrogens (tertiary/aromatic N) is 2. The van der Waals surface area contributed by atoms with Crippen molar-refractivity contribution >= 4 is 17.2 Å². The summed E-state index contributed by atoms with van der Waals surface area (Å²) in [7, 11) is 0. The largest absolute Gasteiger partial charge is 0.391 e. The fourth-order valence-corrected chi connectivity index (χ4v) is 1.28. The van der Waals surface area contributed by atoms with Crippen LogP contribution in [0.2, 0.25) is 0 Å². The van der Waals surface area contributed by atoms with Crippen LogP contribution in [0.5, 0.6) is 0 Å². The lowest BCUT2D eigenvalue weighted by Gasteiger charge is -2.17. The van der Waals surface area contributed by atoms with Crippen LogP contribution in [0.25, 0.3) is 0 Å². The van der Waals surface area contributed by atoms with Gasteiger partial charge in [0.15, 0.2) is 5.54 Å². The summed E-state index contributed by atoms with van der Waals surface area (Å²) in [4.78, 5) is 0.403. The fraction of sp³-hybridized carbons (Fsp3) is 0.571. The van der Waals surface area contributed by atoms with Crippen LogP contribution in [0.3, 0.4) is 0 Å². The van der Waals surface area contributed by atoms with Crippen molar-refractivity contribution < 1.29 is 0 Å². The Morgan fingerprint density at radius 1 is 1.82 bits per heavy atom. The summed E-state index contributed by atoms with van der Waals surface area (Å²) < 4.78 is 0. The summed E-state index contributed by atoms with van der Waals surface area (Å²) in [5, 5.41) is 7.93. The van der Waals surface area contributed by atoms with Gasteiger partial charge in [0.2, 0.25) is 0 Å². The number of rotatable bonds is 2. The van der Waals surface area contributed by atoms with E-state index in [2.05, 4.69) is 10.2 Å². The second-order valence-electron chi connectivity index (χ2n) is 2.63. The van der Waals surface area contributed by atoms with E-state index < -0.39 is 5.54 Å². The van der Waals surface area contributed by atoms with Gasteiger partial charge >= 0.3 is 0 Å². The summed E-state index contributed by atoms with van der Waals surface area (Å²) in [6.07, 6.45) is 2.69. The Labute approximate surface area is 71.4 Å². The molecular weight excluding hydrogens is 158 g/mol. The minimum Gasteiger partial charge on any atom is -0.391 e. The standard InChI is InChI=1S/C7H11N3S/c1-3-7(6(8)11)4-5(2)9-10-7/h4H,3H2,1-2H3,(H2,8,11). The van der Waals surface area contributed by atoms with Gasteiger partial charge in [0.25, 0.3) is 0 Å². The van der Waals surface area contributed by atoms with Gasteiger partial charge in [-0.15, -0.1) is 0 Å². The summed E-state index contributed by atoms with van der Waals surface area (Å²) in [5.41, 5.74) is 5.94. The van der Waals surface area contributed by atoms with Gasteiger partial charge in [-0.3, -0.25) is 0 Å². The molecule has 0 aromatic rings. The lowest BCUT2D eigenvalue weighted by molar-refractivity contribution is 0.663. The first-order chi connectivity index (χ1) is 5.10. The van der Waals surface area contributed by atoms with Crippen LogP contribution in [-0.4, -0.2) is 10.5 Å². The lowest BCUT2D eigenvalue weighted by atomic mass is 9.97. The number of nitrogens with two attached hydrogens (primary N) is 1. The van der Waals surface area contributed by atoms with Crippen molar-refractivity contribution in [1.29, 1.82) is 0 Å². The van der Waals surface area contributed by atoms with Crippen LogP contribution in [-0.2, 0) is 0 Å². The first-order valence-electron chi connectivity index (χ1n) is 3.53. The highest BCUT2D eigenvalue weighted by Crippen LogP contribution is 2.27. The molecule has 0 amide bonds. The molecule has 0 radical (unpaired) electrons. The molecule has 0 fully saturated rings. The maximum Gasteiger partial charge on any atom is 0.151 e. The molecule has 3 nitrogen and oxygen atoms in total. The van der Waals surface area contributed by atoms with Gasteiger partial charge in [-0.2, -0.15) is 10.2 Å². The second kappa shape index (κ2) is 2.70. The highest BCUT2D eigenvalue weighted by atomic mass is 32.1. The SMILES string of the molecule is CCC1(C(N)=S)C=C(C)N=N1. The number of azo groups is 1. The molecule has 11 heavy (non-hydrogen) atoms. The van der Waals surface area contributed by atoms with E-state index in [4.69, 9.17) is 18.0 Å². The van der Waals surface area contributed by atoms with Crippen LogP contribution in [0.15, 0.2) is 22.0 Å². The van der Waals surface area contributed by atoms with Crippen molar-refractivity contribution in [2.45, 2.75) is 25.8 Å². The second-order valence-corrected chi connectivity index (χ2v) is 3.07. The maximum absolute atomic E-state index is 5.54. The van der Waals surface area contributed by atoms with Gasteiger partial charge < -0.3 is 5.73 Å². The number of hydrogen-bond donors (Lipinski definition) is 1. The Morgan fingerprint density at radius 3 is 2.64 bits per heavy atom. The van der Waals surface area contributed by atoms with Crippen LogP contribution in [0.1, 0.15) is 20.3 Å². The third-order valence-electron chi connectivity index (χ3n) is 1.80. The van der Waals surface area contributed by atoms with E-state index in [9.17, 15) is 0 Å². The molecule has 0 saturated heterocycles. The zero-order valence-electron chi connectivity index (χ0n) is 6.66. The van der Waals surface area contributed by atoms with Crippen LogP contribution >= 0.6 is 12.2 Å². The third kappa shape index (κ3) is 1.30. The van der Waals surface area contributed by atoms with E-state index in [0.29, 0.717) is 4.99 Å². The summed E-state index contributed by atoms with van der Waals surface area (Å²) >= 11 is 4.90. The summed E-state index contributed by atoms with van der Waals surface area (Å²) in [6.45, 7) is 3.88. The average molecular weight is 169 g/mol. The number of thiocarbonyl (C=S) groups is 1. The molecule has 60 valence electrons. The molecule has 1 rings (SSSR count). The van der Waals surface area contributed by atoms with Gasteiger partial charge in [0.1, 0.15) is 4.99 Å². The van der Waals surface area contributed by atoms with Crippen molar-refractivity contribution in [3.63, 3.8) is 0 Å². The molecular formula is C7H11N3S. The van der Waals surface area contributed by atoms with Crippen molar-refractivity contribution in [1.82, 2.24) is 0 Å². The molecule has 0 spiro atoms. The van der Waals surface area contributed by atoms with Crippen molar-refractivity contribution in [3.05, 3.63) is 11.8 Å². The van der Waals surface area contributed by atoms with Crippen molar-refractivity contribution in [2.75, 3.05) is 0 Å². The molecule has 4 heteroatoms. The fourth-order valence-electron chi connectivity index (χ4n) is 1.04. The van der Waals surface area contributed by atoms with Crippen molar-refractivity contribution in [3.8, 4) is 0 Å². The number of hydrogen-bond acceptors (Lipinski definition) is 3. The van der Waals surface area contributed by atoms with Crippen LogP contribution < -0.4 is 5.73 Å². The molecule has 1 unspecified atom stereocenters. The molecule has 2 N–H and O–H groups in total. The topological polar surface area (TPSA) is 50.7 Å². The quantitative estimate of drug-likeness (QED) is 0.641. The van der Waals surface area contributed by atoms with Crippen LogP contribution in [0, 0.1) is 0 Å². The molecule has 1 aliphatic heterocycles. The highest BCUT2D eigenvalue weighted by molar-refractivity contribution is 7.80. The monoisotopic (exact) mass is 169 g/mol. The van der Waals surface area contributed by atoms with Crippen molar-refractivity contribution in [2.24, 2.45) is 16.0 Å². The van der Waals surface area contributed by atoms with E-state index in [1.807, 2.05) is 19.9 Å². The Morgan fingerprint density at radius 2 is 2.45 bits per heavy atom. The predicted octanol–water partition coefficient (Wildman–Crippen LogP) is 1.79. The van der Waals surface area contributed by atoms with Gasteiger partial charge in [0.05, 0.1) is 5.70 Å². The van der Waals surface area contributed by atoms with E-state index in [-0.39, 0.29) is 0 Å². The smallest absolute Gasteiger partial charge is 0.151 e. The Balaban J connectivity index is 2.98. The van der Waals surface area contributed by atoms with E-state index in [0.717, 1.165) is 12.1 Å². The minimum absolute atomic E-state index is 0.403. The minimum atomic E-state index is -0.487. The molecule has 0 saturated carbocycles. The van der Waals surface area contributed by atoms with E-state index >= 15 is 0 Å². The molecule has 0 bridgehead atoms. The number of allylic oxidation sites excluding steroid dienone is 1. The Hall–Kier alpha value is -0.770. The first-order valence-corrected chi connectivity index (χ1v) is 3.94. The lowest BCUT2D eigenvalue weighted by Crippen LogP contribution is -2.36. The Kier molecular flexibility index (Phi) is 2.04. The predicted molar refractivity (Wildman–Crippen MR) is 48.4 cm³/mol. The van der Waals surface area contributed by atoms with Crippen LogP contribution in [0.4, 0.5) is 0 Å². The first kappa shape index (κ1) is 8.33.